The van der Waals surface area contributed by atoms with Crippen LogP contribution in [0.1, 0.15) is 25.7 Å². The predicted octanol–water partition coefficient (Wildman–Crippen LogP) is -4.62. The fraction of sp³-hybridized carbons (Fsp3) is 0.538. The lowest BCUT2D eigenvalue weighted by molar-refractivity contribution is -0.143. The molecule has 0 aliphatic carbocycles. The first-order valence-corrected chi connectivity index (χ1v) is 7.38. The molecule has 0 bridgehead atoms. The van der Waals surface area contributed by atoms with E-state index in [1.165, 1.54) is 0 Å². The first-order valence-electron chi connectivity index (χ1n) is 7.38. The van der Waals surface area contributed by atoms with Crippen molar-refractivity contribution in [2.75, 3.05) is 0 Å². The fourth-order valence-corrected chi connectivity index (χ4v) is 1.79. The Morgan fingerprint density at radius 1 is 0.769 bits per heavy atom. The Balaban J connectivity index is 5.05. The van der Waals surface area contributed by atoms with Crippen molar-refractivity contribution in [2.45, 2.75) is 43.8 Å². The molecule has 26 heavy (non-hydrogen) atoms. The summed E-state index contributed by atoms with van der Waals surface area (Å²) in [6.45, 7) is 0. The summed E-state index contributed by atoms with van der Waals surface area (Å²) < 4.78 is 0. The summed E-state index contributed by atoms with van der Waals surface area (Å²) in [6.07, 6.45) is -1.63. The average Bonchev–Trinajstić information content (AvgIpc) is 2.49. The van der Waals surface area contributed by atoms with E-state index in [1.807, 2.05) is 5.32 Å². The summed E-state index contributed by atoms with van der Waals surface area (Å²) in [4.78, 5) is 67.7. The highest BCUT2D eigenvalue weighted by molar-refractivity contribution is 5.95. The lowest BCUT2D eigenvalue weighted by atomic mass is 10.1. The highest BCUT2D eigenvalue weighted by atomic mass is 16.4. The van der Waals surface area contributed by atoms with Gasteiger partial charge in [0.25, 0.3) is 0 Å². The summed E-state index contributed by atoms with van der Waals surface area (Å²) in [6, 6.07) is -4.39. The third-order valence-electron chi connectivity index (χ3n) is 3.10. The van der Waals surface area contributed by atoms with Crippen LogP contribution in [0.25, 0.3) is 0 Å². The van der Waals surface area contributed by atoms with Crippen LogP contribution in [0.2, 0.25) is 0 Å². The quantitative estimate of drug-likeness (QED) is 0.174. The molecule has 0 aliphatic heterocycles. The third kappa shape index (κ3) is 9.17. The van der Waals surface area contributed by atoms with Crippen LogP contribution >= 0.6 is 0 Å². The molecule has 0 spiro atoms. The zero-order chi connectivity index (χ0) is 20.4. The van der Waals surface area contributed by atoms with Crippen molar-refractivity contribution in [1.82, 2.24) is 10.6 Å². The normalized spacial score (nSPS) is 13.7. The lowest BCUT2D eigenvalue weighted by Gasteiger charge is -2.21. The van der Waals surface area contributed by atoms with Crippen LogP contribution in [-0.2, 0) is 28.8 Å². The van der Waals surface area contributed by atoms with Gasteiger partial charge in [-0.2, -0.15) is 0 Å². The number of carboxylic acid groups (broad SMARTS) is 1. The maximum Gasteiger partial charge on any atom is 0.326 e. The van der Waals surface area contributed by atoms with Crippen molar-refractivity contribution in [2.24, 2.45) is 22.9 Å². The summed E-state index contributed by atoms with van der Waals surface area (Å²) >= 11 is 0. The molecular weight excluding hydrogens is 352 g/mol. The highest BCUT2D eigenvalue weighted by Crippen LogP contribution is 2.00. The number of carbonyl (C=O) groups is 6. The van der Waals surface area contributed by atoms with Crippen LogP contribution in [0.15, 0.2) is 0 Å². The summed E-state index contributed by atoms with van der Waals surface area (Å²) in [5, 5.41) is 13.1. The molecular formula is C13H22N6O7. The number of primary amides is 3. The Hall–Kier alpha value is -3.22. The molecule has 0 aromatic rings. The molecule has 0 aromatic carbocycles. The van der Waals surface area contributed by atoms with Crippen molar-refractivity contribution >= 4 is 35.5 Å². The molecule has 11 N–H and O–H groups in total. The van der Waals surface area contributed by atoms with Crippen LogP contribution in [0.3, 0.4) is 0 Å². The highest BCUT2D eigenvalue weighted by Gasteiger charge is 2.29. The molecule has 5 amide bonds. The van der Waals surface area contributed by atoms with Crippen molar-refractivity contribution in [3.8, 4) is 0 Å². The SMILES string of the molecule is NC(=O)CCC(N)C(=O)NC(CC(N)=O)C(=O)NC(CC(N)=O)C(=O)O. The largest absolute Gasteiger partial charge is 0.480 e. The van der Waals surface area contributed by atoms with E-state index < -0.39 is 66.5 Å². The molecule has 0 heterocycles. The minimum atomic E-state index is -1.66. The maximum atomic E-state index is 12.1. The van der Waals surface area contributed by atoms with Crippen LogP contribution < -0.4 is 33.6 Å². The Kier molecular flexibility index (Phi) is 9.29. The van der Waals surface area contributed by atoms with E-state index in [9.17, 15) is 28.8 Å². The maximum absolute atomic E-state index is 12.1. The molecule has 13 heteroatoms. The zero-order valence-electron chi connectivity index (χ0n) is 13.8. The van der Waals surface area contributed by atoms with Gasteiger partial charge in [-0.15, -0.1) is 0 Å². The van der Waals surface area contributed by atoms with Gasteiger partial charge in [-0.25, -0.2) is 4.79 Å². The van der Waals surface area contributed by atoms with Crippen LogP contribution in [-0.4, -0.2) is 58.7 Å². The minimum absolute atomic E-state index is 0.106. The molecule has 0 fully saturated rings. The first-order chi connectivity index (χ1) is 11.9. The molecule has 0 radical (unpaired) electrons. The molecule has 3 atom stereocenters. The number of nitrogens with two attached hydrogens (primary N) is 4. The Morgan fingerprint density at radius 2 is 1.23 bits per heavy atom. The van der Waals surface area contributed by atoms with Crippen molar-refractivity contribution in [3.63, 3.8) is 0 Å². The number of nitrogens with one attached hydrogen (secondary N) is 2. The smallest absolute Gasteiger partial charge is 0.326 e. The van der Waals surface area contributed by atoms with Crippen LogP contribution in [0.4, 0.5) is 0 Å². The van der Waals surface area contributed by atoms with Gasteiger partial charge >= 0.3 is 5.97 Å². The van der Waals surface area contributed by atoms with Crippen LogP contribution in [0, 0.1) is 0 Å². The Morgan fingerprint density at radius 3 is 1.65 bits per heavy atom. The minimum Gasteiger partial charge on any atom is -0.480 e. The molecule has 0 saturated carbocycles. The second-order valence-corrected chi connectivity index (χ2v) is 5.41. The topological polar surface area (TPSA) is 251 Å². The molecule has 0 aromatic heterocycles. The van der Waals surface area contributed by atoms with Gasteiger partial charge in [0, 0.05) is 6.42 Å². The second kappa shape index (κ2) is 10.6. The number of amides is 5. The van der Waals surface area contributed by atoms with E-state index in [-0.39, 0.29) is 12.8 Å². The Bertz CT molecular complexity index is 594. The number of aliphatic carboxylic acids is 1. The van der Waals surface area contributed by atoms with Gasteiger partial charge in [-0.1, -0.05) is 0 Å². The first kappa shape index (κ1) is 22.8. The Labute approximate surface area is 147 Å². The van der Waals surface area contributed by atoms with Crippen molar-refractivity contribution < 1.29 is 33.9 Å². The monoisotopic (exact) mass is 374 g/mol. The number of carbonyl (C=O) groups excluding carboxylic acids is 5. The van der Waals surface area contributed by atoms with Gasteiger partial charge in [0.1, 0.15) is 12.1 Å². The molecule has 0 rings (SSSR count). The number of hydrogen-bond donors (Lipinski definition) is 7. The predicted molar refractivity (Wildman–Crippen MR) is 85.5 cm³/mol. The summed E-state index contributed by atoms with van der Waals surface area (Å²) in [7, 11) is 0. The number of hydrogen-bond acceptors (Lipinski definition) is 7. The third-order valence-corrected chi connectivity index (χ3v) is 3.10. The van der Waals surface area contributed by atoms with Gasteiger partial charge in [0.2, 0.25) is 29.5 Å². The van der Waals surface area contributed by atoms with Crippen molar-refractivity contribution in [1.29, 1.82) is 0 Å². The van der Waals surface area contributed by atoms with E-state index in [0.29, 0.717) is 0 Å². The zero-order valence-corrected chi connectivity index (χ0v) is 13.8. The van der Waals surface area contributed by atoms with E-state index in [1.54, 1.807) is 0 Å². The number of rotatable bonds is 12. The van der Waals surface area contributed by atoms with E-state index in [0.717, 1.165) is 0 Å². The summed E-state index contributed by atoms with van der Waals surface area (Å²) in [5.41, 5.74) is 20.4. The number of carboxylic acids is 1. The molecule has 0 saturated heterocycles. The second-order valence-electron chi connectivity index (χ2n) is 5.41. The standard InChI is InChI=1S/C13H22N6O7/c14-5(1-2-8(15)20)11(23)18-6(3-9(16)21)12(24)19-7(13(25)26)4-10(17)22/h5-7H,1-4,14H2,(H2,15,20)(H2,16,21)(H2,17,22)(H,18,23)(H,19,24)(H,25,26). The van der Waals surface area contributed by atoms with Gasteiger partial charge in [-0.05, 0) is 6.42 Å². The van der Waals surface area contributed by atoms with Gasteiger partial charge in [0.05, 0.1) is 18.9 Å². The molecule has 146 valence electrons. The van der Waals surface area contributed by atoms with Gasteiger partial charge in [0.15, 0.2) is 0 Å². The van der Waals surface area contributed by atoms with Gasteiger partial charge in [-0.3, -0.25) is 24.0 Å². The molecule has 13 nitrogen and oxygen atoms in total. The van der Waals surface area contributed by atoms with Crippen LogP contribution in [0.5, 0.6) is 0 Å². The fourth-order valence-electron chi connectivity index (χ4n) is 1.79. The molecule has 3 unspecified atom stereocenters. The van der Waals surface area contributed by atoms with E-state index >= 15 is 0 Å². The average molecular weight is 374 g/mol. The van der Waals surface area contributed by atoms with E-state index in [4.69, 9.17) is 28.0 Å². The van der Waals surface area contributed by atoms with E-state index in [2.05, 4.69) is 5.32 Å². The summed E-state index contributed by atoms with van der Waals surface area (Å²) in [5.74, 6) is -6.13. The molecule has 0 aliphatic rings. The van der Waals surface area contributed by atoms with Gasteiger partial charge < -0.3 is 38.7 Å². The lowest BCUT2D eigenvalue weighted by Crippen LogP contribution is -2.55. The van der Waals surface area contributed by atoms with Crippen molar-refractivity contribution in [3.05, 3.63) is 0 Å².